The van der Waals surface area contributed by atoms with Crippen molar-refractivity contribution in [2.24, 2.45) is 0 Å². The van der Waals surface area contributed by atoms with E-state index in [1.165, 1.54) is 11.3 Å². The van der Waals surface area contributed by atoms with Gasteiger partial charge in [0, 0.05) is 11.2 Å². The van der Waals surface area contributed by atoms with Crippen LogP contribution in [0.1, 0.15) is 56.9 Å². The van der Waals surface area contributed by atoms with Crippen molar-refractivity contribution in [1.82, 2.24) is 4.98 Å². The lowest BCUT2D eigenvalue weighted by atomic mass is 9.98. The van der Waals surface area contributed by atoms with Crippen LogP contribution >= 0.6 is 0 Å². The van der Waals surface area contributed by atoms with E-state index in [0.29, 0.717) is 5.56 Å². The summed E-state index contributed by atoms with van der Waals surface area (Å²) in [5.74, 6) is 0.761. The van der Waals surface area contributed by atoms with Crippen molar-refractivity contribution in [3.63, 3.8) is 0 Å². The van der Waals surface area contributed by atoms with Gasteiger partial charge in [-0.1, -0.05) is 13.3 Å². The molecule has 1 N–H and O–H groups in total. The van der Waals surface area contributed by atoms with Crippen LogP contribution in [-0.4, -0.2) is 10.5 Å². The van der Waals surface area contributed by atoms with Crippen molar-refractivity contribution in [2.75, 3.05) is 5.32 Å². The molecule has 0 bridgehead atoms. The van der Waals surface area contributed by atoms with Gasteiger partial charge in [-0.2, -0.15) is 5.26 Å². The molecule has 0 radical (unpaired) electrons. The molecule has 0 saturated heterocycles. The second kappa shape index (κ2) is 4.97. The summed E-state index contributed by atoms with van der Waals surface area (Å²) in [6.45, 7) is 6.49. The Hall–Kier alpha value is -1.56. The fourth-order valence-corrected chi connectivity index (χ4v) is 2.66. The van der Waals surface area contributed by atoms with Crippen LogP contribution in [0.15, 0.2) is 6.07 Å². The molecule has 0 unspecified atom stereocenters. The molecule has 2 rings (SSSR count). The molecule has 0 atom stereocenters. The van der Waals surface area contributed by atoms with E-state index >= 15 is 0 Å². The Kier molecular flexibility index (Phi) is 3.56. The highest BCUT2D eigenvalue weighted by Gasteiger charge is 2.21. The predicted octanol–water partition coefficient (Wildman–Crippen LogP) is 3.43. The van der Waals surface area contributed by atoms with E-state index < -0.39 is 0 Å². The van der Waals surface area contributed by atoms with Gasteiger partial charge in [0.15, 0.2) is 0 Å². The van der Waals surface area contributed by atoms with E-state index in [0.717, 1.165) is 37.9 Å². The third-order valence-corrected chi connectivity index (χ3v) is 3.50. The average molecular weight is 243 g/mol. The van der Waals surface area contributed by atoms with Crippen LogP contribution in [0.25, 0.3) is 0 Å². The van der Waals surface area contributed by atoms with Gasteiger partial charge in [-0.25, -0.2) is 4.98 Å². The summed E-state index contributed by atoms with van der Waals surface area (Å²) < 4.78 is 0. The van der Waals surface area contributed by atoms with Gasteiger partial charge in [0.2, 0.25) is 0 Å². The largest absolute Gasteiger partial charge is 0.364 e. The fraction of sp³-hybridized carbons (Fsp3) is 0.600. The van der Waals surface area contributed by atoms with Crippen LogP contribution in [0.4, 0.5) is 5.82 Å². The number of aromatic nitrogens is 1. The molecular formula is C15H21N3. The SMILES string of the molecule is CCCC(C)(C)Nc1nc2c(cc1C#N)CCC2. The Morgan fingerprint density at radius 2 is 2.22 bits per heavy atom. The highest BCUT2D eigenvalue weighted by Crippen LogP contribution is 2.27. The molecule has 0 saturated carbocycles. The molecule has 1 heterocycles. The Balaban J connectivity index is 2.30. The quantitative estimate of drug-likeness (QED) is 0.881. The molecule has 3 heteroatoms. The van der Waals surface area contributed by atoms with Crippen molar-refractivity contribution in [2.45, 2.75) is 58.4 Å². The first-order valence-corrected chi connectivity index (χ1v) is 6.77. The summed E-state index contributed by atoms with van der Waals surface area (Å²) in [7, 11) is 0. The minimum Gasteiger partial charge on any atom is -0.364 e. The summed E-state index contributed by atoms with van der Waals surface area (Å²) >= 11 is 0. The summed E-state index contributed by atoms with van der Waals surface area (Å²) in [5, 5.41) is 12.7. The predicted molar refractivity (Wildman–Crippen MR) is 73.6 cm³/mol. The maximum Gasteiger partial charge on any atom is 0.144 e. The van der Waals surface area contributed by atoms with E-state index in [4.69, 9.17) is 0 Å². The Morgan fingerprint density at radius 3 is 2.89 bits per heavy atom. The van der Waals surface area contributed by atoms with Gasteiger partial charge in [0.25, 0.3) is 0 Å². The van der Waals surface area contributed by atoms with Gasteiger partial charge in [0.1, 0.15) is 11.9 Å². The zero-order valence-corrected chi connectivity index (χ0v) is 11.5. The van der Waals surface area contributed by atoms with Crippen LogP contribution < -0.4 is 5.32 Å². The van der Waals surface area contributed by atoms with E-state index in [9.17, 15) is 5.26 Å². The molecule has 0 aromatic carbocycles. The van der Waals surface area contributed by atoms with Crippen molar-refractivity contribution < 1.29 is 0 Å². The van der Waals surface area contributed by atoms with Gasteiger partial charge in [0.05, 0.1) is 5.56 Å². The number of nitrogens with zero attached hydrogens (tertiary/aromatic N) is 2. The van der Waals surface area contributed by atoms with Crippen molar-refractivity contribution in [3.8, 4) is 6.07 Å². The van der Waals surface area contributed by atoms with Crippen LogP contribution in [0.2, 0.25) is 0 Å². The molecule has 1 aromatic rings. The van der Waals surface area contributed by atoms with Crippen molar-refractivity contribution in [3.05, 3.63) is 22.9 Å². The van der Waals surface area contributed by atoms with E-state index in [1.807, 2.05) is 6.07 Å². The number of hydrogen-bond acceptors (Lipinski definition) is 3. The first kappa shape index (κ1) is 12.9. The van der Waals surface area contributed by atoms with Crippen molar-refractivity contribution >= 4 is 5.82 Å². The highest BCUT2D eigenvalue weighted by molar-refractivity contribution is 5.56. The fourth-order valence-electron chi connectivity index (χ4n) is 2.66. The zero-order valence-electron chi connectivity index (χ0n) is 11.5. The number of anilines is 1. The molecule has 0 aliphatic heterocycles. The van der Waals surface area contributed by atoms with Crippen LogP contribution in [0.5, 0.6) is 0 Å². The molecule has 18 heavy (non-hydrogen) atoms. The van der Waals surface area contributed by atoms with E-state index in [1.54, 1.807) is 0 Å². The number of fused-ring (bicyclic) bond motifs is 1. The Labute approximate surface area is 109 Å². The van der Waals surface area contributed by atoms with Gasteiger partial charge in [-0.15, -0.1) is 0 Å². The average Bonchev–Trinajstić information content (AvgIpc) is 2.74. The number of nitrogens with one attached hydrogen (secondary N) is 1. The summed E-state index contributed by atoms with van der Waals surface area (Å²) in [6.07, 6.45) is 5.46. The number of hydrogen-bond donors (Lipinski definition) is 1. The van der Waals surface area contributed by atoms with Crippen LogP contribution in [-0.2, 0) is 12.8 Å². The number of pyridine rings is 1. The molecule has 3 nitrogen and oxygen atoms in total. The first-order chi connectivity index (χ1) is 8.55. The van der Waals surface area contributed by atoms with Crippen molar-refractivity contribution in [1.29, 1.82) is 5.26 Å². The summed E-state index contributed by atoms with van der Waals surface area (Å²) in [6, 6.07) is 4.28. The topological polar surface area (TPSA) is 48.7 Å². The molecule has 0 spiro atoms. The maximum absolute atomic E-state index is 9.25. The lowest BCUT2D eigenvalue weighted by Gasteiger charge is -2.27. The second-order valence-corrected chi connectivity index (χ2v) is 5.71. The zero-order chi connectivity index (χ0) is 13.2. The van der Waals surface area contributed by atoms with Gasteiger partial charge >= 0.3 is 0 Å². The molecule has 0 amide bonds. The minimum atomic E-state index is -0.0137. The molecule has 1 aliphatic rings. The van der Waals surface area contributed by atoms with E-state index in [2.05, 4.69) is 37.1 Å². The summed E-state index contributed by atoms with van der Waals surface area (Å²) in [4.78, 5) is 4.66. The molecule has 1 aromatic heterocycles. The highest BCUT2D eigenvalue weighted by atomic mass is 15.1. The van der Waals surface area contributed by atoms with Gasteiger partial charge in [-0.3, -0.25) is 0 Å². The van der Waals surface area contributed by atoms with Crippen LogP contribution in [0, 0.1) is 11.3 Å². The standard InChI is InChI=1S/C15H21N3/c1-4-8-15(2,3)18-14-12(10-16)9-11-6-5-7-13(11)17-14/h9H,4-8H2,1-3H3,(H,17,18). The molecule has 1 aliphatic carbocycles. The van der Waals surface area contributed by atoms with Crippen LogP contribution in [0.3, 0.4) is 0 Å². The lowest BCUT2D eigenvalue weighted by Crippen LogP contribution is -2.31. The second-order valence-electron chi connectivity index (χ2n) is 5.71. The Morgan fingerprint density at radius 1 is 1.44 bits per heavy atom. The number of aryl methyl sites for hydroxylation is 2. The lowest BCUT2D eigenvalue weighted by molar-refractivity contribution is 0.508. The summed E-state index contributed by atoms with van der Waals surface area (Å²) in [5.41, 5.74) is 3.09. The normalized spacial score (nSPS) is 14.1. The number of nitriles is 1. The number of rotatable bonds is 4. The molecular weight excluding hydrogens is 222 g/mol. The minimum absolute atomic E-state index is 0.0137. The third kappa shape index (κ3) is 2.64. The van der Waals surface area contributed by atoms with Gasteiger partial charge < -0.3 is 5.32 Å². The Bertz CT molecular complexity index is 483. The molecule has 96 valence electrons. The maximum atomic E-state index is 9.25. The molecule has 0 fully saturated rings. The van der Waals surface area contributed by atoms with Gasteiger partial charge in [-0.05, 0) is 51.2 Å². The monoisotopic (exact) mass is 243 g/mol. The first-order valence-electron chi connectivity index (χ1n) is 6.77. The van der Waals surface area contributed by atoms with E-state index in [-0.39, 0.29) is 5.54 Å². The third-order valence-electron chi connectivity index (χ3n) is 3.50. The smallest absolute Gasteiger partial charge is 0.144 e.